The lowest BCUT2D eigenvalue weighted by molar-refractivity contribution is -0.112. The largest absolute Gasteiger partial charge is 0.306 e. The Hall–Kier alpha value is -2.95. The van der Waals surface area contributed by atoms with Crippen molar-refractivity contribution in [3.63, 3.8) is 0 Å². The molecule has 1 N–H and O–H groups in total. The van der Waals surface area contributed by atoms with E-state index in [0.717, 1.165) is 17.8 Å². The van der Waals surface area contributed by atoms with Crippen molar-refractivity contribution < 1.29 is 9.59 Å². The molecule has 2 amide bonds. The Labute approximate surface area is 140 Å². The van der Waals surface area contributed by atoms with E-state index in [1.165, 1.54) is 12.8 Å². The van der Waals surface area contributed by atoms with E-state index in [2.05, 4.69) is 10.5 Å². The summed E-state index contributed by atoms with van der Waals surface area (Å²) in [4.78, 5) is 26.6. The molecule has 5 nitrogen and oxygen atoms in total. The molecule has 0 saturated heterocycles. The molecule has 5 heteroatoms. The second-order valence-corrected chi connectivity index (χ2v) is 6.14. The van der Waals surface area contributed by atoms with Gasteiger partial charge in [0.2, 0.25) is 0 Å². The zero-order valence-electron chi connectivity index (χ0n) is 13.1. The third-order valence-corrected chi connectivity index (χ3v) is 4.34. The fourth-order valence-electron chi connectivity index (χ4n) is 2.87. The van der Waals surface area contributed by atoms with E-state index < -0.39 is 0 Å². The maximum absolute atomic E-state index is 12.7. The lowest BCUT2D eigenvalue weighted by atomic mass is 10.1. The Balaban J connectivity index is 1.60. The summed E-state index contributed by atoms with van der Waals surface area (Å²) in [5.74, 6) is 0.116. The van der Waals surface area contributed by atoms with Gasteiger partial charge in [-0.2, -0.15) is 5.10 Å². The average Bonchev–Trinajstić information content (AvgIpc) is 3.40. The molecule has 2 aromatic rings. The Morgan fingerprint density at radius 1 is 1.08 bits per heavy atom. The molecule has 0 aromatic heterocycles. The van der Waals surface area contributed by atoms with E-state index in [-0.39, 0.29) is 11.8 Å². The predicted octanol–water partition coefficient (Wildman–Crippen LogP) is 2.58. The minimum Gasteiger partial charge on any atom is -0.306 e. The zero-order chi connectivity index (χ0) is 16.5. The Morgan fingerprint density at radius 3 is 2.54 bits per heavy atom. The number of carbonyl (C=O) groups excluding carboxylic acids is 2. The third-order valence-electron chi connectivity index (χ3n) is 4.34. The van der Waals surface area contributed by atoms with Crippen LogP contribution in [-0.2, 0) is 4.79 Å². The van der Waals surface area contributed by atoms with Crippen molar-refractivity contribution in [3.8, 4) is 0 Å². The number of rotatable bonds is 4. The van der Waals surface area contributed by atoms with Crippen molar-refractivity contribution in [2.24, 2.45) is 11.0 Å². The first-order valence-electron chi connectivity index (χ1n) is 8.08. The van der Waals surface area contributed by atoms with E-state index >= 15 is 0 Å². The predicted molar refractivity (Wildman–Crippen MR) is 92.0 cm³/mol. The van der Waals surface area contributed by atoms with E-state index in [4.69, 9.17) is 0 Å². The highest BCUT2D eigenvalue weighted by molar-refractivity contribution is 6.54. The summed E-state index contributed by atoms with van der Waals surface area (Å²) in [7, 11) is 0. The highest BCUT2D eigenvalue weighted by atomic mass is 16.2. The second kappa shape index (κ2) is 5.92. The van der Waals surface area contributed by atoms with E-state index in [1.54, 1.807) is 29.2 Å². The molecule has 0 bridgehead atoms. The first kappa shape index (κ1) is 14.6. The summed E-state index contributed by atoms with van der Waals surface area (Å²) in [5.41, 5.74) is 4.97. The smallest absolute Gasteiger partial charge is 0.279 e. The number of carbonyl (C=O) groups is 2. The van der Waals surface area contributed by atoms with Gasteiger partial charge in [-0.15, -0.1) is 0 Å². The molecule has 1 aliphatic carbocycles. The summed E-state index contributed by atoms with van der Waals surface area (Å²) in [5, 5.41) is 4.13. The van der Waals surface area contributed by atoms with Crippen molar-refractivity contribution in [2.45, 2.75) is 12.8 Å². The van der Waals surface area contributed by atoms with Crippen LogP contribution in [0.4, 0.5) is 5.69 Å². The lowest BCUT2D eigenvalue weighted by Gasteiger charge is -2.15. The normalized spacial score (nSPS) is 17.9. The number of benzene rings is 2. The van der Waals surface area contributed by atoms with Crippen LogP contribution in [0.3, 0.4) is 0 Å². The lowest BCUT2D eigenvalue weighted by Crippen LogP contribution is -2.33. The molecule has 1 aliphatic heterocycles. The molecular weight excluding hydrogens is 302 g/mol. The number of anilines is 1. The summed E-state index contributed by atoms with van der Waals surface area (Å²) in [6.07, 6.45) is 2.34. The van der Waals surface area contributed by atoms with Gasteiger partial charge in [0, 0.05) is 17.7 Å². The van der Waals surface area contributed by atoms with Gasteiger partial charge in [0.05, 0.1) is 5.69 Å². The Morgan fingerprint density at radius 2 is 1.79 bits per heavy atom. The monoisotopic (exact) mass is 319 g/mol. The summed E-state index contributed by atoms with van der Waals surface area (Å²) in [6.45, 7) is 0.724. The molecule has 0 atom stereocenters. The highest BCUT2D eigenvalue weighted by Crippen LogP contribution is 2.35. The first-order chi connectivity index (χ1) is 11.7. The highest BCUT2D eigenvalue weighted by Gasteiger charge is 2.37. The topological polar surface area (TPSA) is 61.8 Å². The SMILES string of the molecule is O=C(N/N=C1/C(=O)N(CC2CC2)c2ccccc21)c1ccccc1. The van der Waals surface area contributed by atoms with Gasteiger partial charge in [0.1, 0.15) is 0 Å². The van der Waals surface area contributed by atoms with Crippen LogP contribution < -0.4 is 10.3 Å². The van der Waals surface area contributed by atoms with E-state index in [9.17, 15) is 9.59 Å². The van der Waals surface area contributed by atoms with Crippen molar-refractivity contribution >= 4 is 23.2 Å². The number of nitrogens with zero attached hydrogens (tertiary/aromatic N) is 2. The molecule has 1 fully saturated rings. The second-order valence-electron chi connectivity index (χ2n) is 6.14. The van der Waals surface area contributed by atoms with Gasteiger partial charge in [-0.3, -0.25) is 9.59 Å². The number of hydrogen-bond acceptors (Lipinski definition) is 3. The maximum Gasteiger partial charge on any atom is 0.279 e. The molecule has 2 aliphatic rings. The number of hydrogen-bond donors (Lipinski definition) is 1. The minimum absolute atomic E-state index is 0.142. The van der Waals surface area contributed by atoms with Gasteiger partial charge in [0.15, 0.2) is 5.71 Å². The van der Waals surface area contributed by atoms with E-state index in [0.29, 0.717) is 17.2 Å². The van der Waals surface area contributed by atoms with Crippen LogP contribution in [0, 0.1) is 5.92 Å². The summed E-state index contributed by atoms with van der Waals surface area (Å²) < 4.78 is 0. The van der Waals surface area contributed by atoms with Gasteiger partial charge >= 0.3 is 0 Å². The van der Waals surface area contributed by atoms with Crippen LogP contribution in [0.5, 0.6) is 0 Å². The van der Waals surface area contributed by atoms with Crippen LogP contribution in [0.1, 0.15) is 28.8 Å². The standard InChI is InChI=1S/C19H17N3O2/c23-18(14-6-2-1-3-7-14)21-20-17-15-8-4-5-9-16(15)22(19(17)24)12-13-10-11-13/h1-9,13H,10-12H2,(H,21,23)/b20-17+. The van der Waals surface area contributed by atoms with Gasteiger partial charge in [-0.1, -0.05) is 36.4 Å². The van der Waals surface area contributed by atoms with Crippen LogP contribution in [0.2, 0.25) is 0 Å². The molecule has 2 aromatic carbocycles. The van der Waals surface area contributed by atoms with Crippen molar-refractivity contribution in [1.82, 2.24) is 5.43 Å². The van der Waals surface area contributed by atoms with Crippen LogP contribution in [0.25, 0.3) is 0 Å². The van der Waals surface area contributed by atoms with Gasteiger partial charge in [0.25, 0.3) is 11.8 Å². The third kappa shape index (κ3) is 2.69. The first-order valence-corrected chi connectivity index (χ1v) is 8.08. The number of nitrogens with one attached hydrogen (secondary N) is 1. The summed E-state index contributed by atoms with van der Waals surface area (Å²) >= 11 is 0. The van der Waals surface area contributed by atoms with Gasteiger partial charge in [-0.05, 0) is 37.0 Å². The van der Waals surface area contributed by atoms with Crippen molar-refractivity contribution in [1.29, 1.82) is 0 Å². The molecule has 120 valence electrons. The number of amides is 2. The van der Waals surface area contributed by atoms with E-state index in [1.807, 2.05) is 30.3 Å². The van der Waals surface area contributed by atoms with Crippen molar-refractivity contribution in [2.75, 3.05) is 11.4 Å². The summed E-state index contributed by atoms with van der Waals surface area (Å²) in [6, 6.07) is 16.4. The fourth-order valence-corrected chi connectivity index (χ4v) is 2.87. The van der Waals surface area contributed by atoms with Crippen LogP contribution in [-0.4, -0.2) is 24.1 Å². The maximum atomic E-state index is 12.7. The molecule has 0 radical (unpaired) electrons. The number of hydrazone groups is 1. The minimum atomic E-state index is -0.325. The quantitative estimate of drug-likeness (QED) is 0.881. The van der Waals surface area contributed by atoms with Gasteiger partial charge < -0.3 is 4.90 Å². The number of fused-ring (bicyclic) bond motifs is 1. The molecule has 24 heavy (non-hydrogen) atoms. The molecule has 1 saturated carbocycles. The number of para-hydroxylation sites is 1. The fraction of sp³-hybridized carbons (Fsp3) is 0.211. The Kier molecular flexibility index (Phi) is 3.61. The van der Waals surface area contributed by atoms with Crippen LogP contribution >= 0.6 is 0 Å². The van der Waals surface area contributed by atoms with Gasteiger partial charge in [-0.25, -0.2) is 5.43 Å². The van der Waals surface area contributed by atoms with Crippen molar-refractivity contribution in [3.05, 3.63) is 65.7 Å². The molecule has 4 rings (SSSR count). The Bertz CT molecular complexity index is 826. The van der Waals surface area contributed by atoms with Crippen LogP contribution in [0.15, 0.2) is 59.7 Å². The zero-order valence-corrected chi connectivity index (χ0v) is 13.1. The molecule has 1 heterocycles. The average molecular weight is 319 g/mol. The molecular formula is C19H17N3O2. The molecule has 0 unspecified atom stereocenters. The molecule has 0 spiro atoms.